The highest BCUT2D eigenvalue weighted by molar-refractivity contribution is 9.10. The molecule has 1 heterocycles. The van der Waals surface area contributed by atoms with Crippen LogP contribution in [0.2, 0.25) is 5.02 Å². The summed E-state index contributed by atoms with van der Waals surface area (Å²) in [7, 11) is 0. The van der Waals surface area contributed by atoms with E-state index in [2.05, 4.69) is 31.9 Å². The fraction of sp³-hybridized carbons (Fsp3) is 0.286. The molecule has 2 aromatic rings. The van der Waals surface area contributed by atoms with Gasteiger partial charge >= 0.3 is 6.03 Å². The Morgan fingerprint density at radius 2 is 1.70 bits per heavy atom. The standard InChI is InChI=1S/C21H22BrClN4O3/c22-14-3-6-16(7-4-14)25-21(30)24-10-9-19(28)26-18-13-15(23)5-8-17(18)20(29)27-11-1-2-12-27/h3-8,13H,1-2,9-12H2,(H,26,28)(H2,24,25,30). The van der Waals surface area contributed by atoms with E-state index in [1.54, 1.807) is 35.2 Å². The predicted molar refractivity (Wildman–Crippen MR) is 121 cm³/mol. The number of halogens is 2. The van der Waals surface area contributed by atoms with Crippen LogP contribution in [0.4, 0.5) is 16.2 Å². The lowest BCUT2D eigenvalue weighted by atomic mass is 10.1. The highest BCUT2D eigenvalue weighted by Gasteiger charge is 2.22. The Hall–Kier alpha value is -2.58. The normalized spacial score (nSPS) is 13.1. The summed E-state index contributed by atoms with van der Waals surface area (Å²) in [6.07, 6.45) is 2.02. The maximum atomic E-state index is 12.7. The van der Waals surface area contributed by atoms with E-state index in [1.807, 2.05) is 12.1 Å². The molecule has 3 rings (SSSR count). The number of hydrogen-bond acceptors (Lipinski definition) is 3. The van der Waals surface area contributed by atoms with Gasteiger partial charge in [0.15, 0.2) is 0 Å². The third-order valence-electron chi connectivity index (χ3n) is 4.62. The minimum atomic E-state index is -0.405. The molecule has 0 aromatic heterocycles. The Morgan fingerprint density at radius 1 is 1.00 bits per heavy atom. The minimum Gasteiger partial charge on any atom is -0.339 e. The summed E-state index contributed by atoms with van der Waals surface area (Å²) in [4.78, 5) is 38.8. The molecule has 1 aliphatic rings. The first-order valence-electron chi connectivity index (χ1n) is 9.61. The van der Waals surface area contributed by atoms with Crippen LogP contribution >= 0.6 is 27.5 Å². The summed E-state index contributed by atoms with van der Waals surface area (Å²) in [5, 5.41) is 8.48. The maximum Gasteiger partial charge on any atom is 0.319 e. The molecule has 1 fully saturated rings. The molecule has 0 unspecified atom stereocenters. The van der Waals surface area contributed by atoms with Crippen molar-refractivity contribution in [2.24, 2.45) is 0 Å². The summed E-state index contributed by atoms with van der Waals surface area (Å²) in [6, 6.07) is 11.6. The van der Waals surface area contributed by atoms with Gasteiger partial charge in [0.25, 0.3) is 5.91 Å². The molecule has 7 nitrogen and oxygen atoms in total. The van der Waals surface area contributed by atoms with Gasteiger partial charge in [-0.2, -0.15) is 0 Å². The van der Waals surface area contributed by atoms with E-state index in [-0.39, 0.29) is 24.8 Å². The Morgan fingerprint density at radius 3 is 2.40 bits per heavy atom. The third kappa shape index (κ3) is 6.21. The number of nitrogens with zero attached hydrogens (tertiary/aromatic N) is 1. The highest BCUT2D eigenvalue weighted by Crippen LogP contribution is 2.24. The lowest BCUT2D eigenvalue weighted by Crippen LogP contribution is -2.32. The molecule has 3 N–H and O–H groups in total. The van der Waals surface area contributed by atoms with Crippen LogP contribution in [0.1, 0.15) is 29.6 Å². The first kappa shape index (κ1) is 22.1. The maximum absolute atomic E-state index is 12.7. The number of benzene rings is 2. The first-order valence-corrected chi connectivity index (χ1v) is 10.8. The lowest BCUT2D eigenvalue weighted by Gasteiger charge is -2.18. The Balaban J connectivity index is 1.51. The summed E-state index contributed by atoms with van der Waals surface area (Å²) in [5.74, 6) is -0.442. The first-order chi connectivity index (χ1) is 14.4. The van der Waals surface area contributed by atoms with Crippen LogP contribution < -0.4 is 16.0 Å². The number of carbonyl (C=O) groups excluding carboxylic acids is 3. The van der Waals surface area contributed by atoms with Gasteiger partial charge in [-0.05, 0) is 55.3 Å². The van der Waals surface area contributed by atoms with Gasteiger partial charge in [0.2, 0.25) is 5.91 Å². The average Bonchev–Trinajstić information content (AvgIpc) is 3.24. The number of urea groups is 1. The molecule has 30 heavy (non-hydrogen) atoms. The molecule has 158 valence electrons. The van der Waals surface area contributed by atoms with Crippen molar-refractivity contribution < 1.29 is 14.4 Å². The van der Waals surface area contributed by atoms with Crippen molar-refractivity contribution in [3.63, 3.8) is 0 Å². The highest BCUT2D eigenvalue weighted by atomic mass is 79.9. The van der Waals surface area contributed by atoms with Crippen molar-refractivity contribution in [3.8, 4) is 0 Å². The fourth-order valence-electron chi connectivity index (χ4n) is 3.11. The van der Waals surface area contributed by atoms with E-state index >= 15 is 0 Å². The molecule has 0 radical (unpaired) electrons. The van der Waals surface area contributed by atoms with Crippen molar-refractivity contribution in [2.45, 2.75) is 19.3 Å². The van der Waals surface area contributed by atoms with Crippen molar-refractivity contribution in [1.82, 2.24) is 10.2 Å². The number of anilines is 2. The molecule has 0 saturated carbocycles. The van der Waals surface area contributed by atoms with Crippen LogP contribution in [-0.4, -0.2) is 42.4 Å². The van der Waals surface area contributed by atoms with E-state index in [1.165, 1.54) is 0 Å². The van der Waals surface area contributed by atoms with Gasteiger partial charge in [0.05, 0.1) is 11.3 Å². The SMILES string of the molecule is O=C(CCNC(=O)Nc1ccc(Br)cc1)Nc1cc(Cl)ccc1C(=O)N1CCCC1. The molecule has 1 aliphatic heterocycles. The molecule has 0 spiro atoms. The molecule has 0 bridgehead atoms. The fourth-order valence-corrected chi connectivity index (χ4v) is 3.54. The molecular formula is C21H22BrClN4O3. The van der Waals surface area contributed by atoms with E-state index in [9.17, 15) is 14.4 Å². The van der Waals surface area contributed by atoms with Gasteiger partial charge in [-0.25, -0.2) is 4.79 Å². The van der Waals surface area contributed by atoms with Crippen molar-refractivity contribution in [1.29, 1.82) is 0 Å². The number of rotatable bonds is 6. The smallest absolute Gasteiger partial charge is 0.319 e. The Labute approximate surface area is 188 Å². The van der Waals surface area contributed by atoms with E-state index in [0.717, 1.165) is 17.3 Å². The van der Waals surface area contributed by atoms with Crippen molar-refractivity contribution in [2.75, 3.05) is 30.3 Å². The third-order valence-corrected chi connectivity index (χ3v) is 5.38. The minimum absolute atomic E-state index is 0.0532. The van der Waals surface area contributed by atoms with Crippen LogP contribution in [0.25, 0.3) is 0 Å². The average molecular weight is 494 g/mol. The number of amides is 4. The zero-order valence-corrected chi connectivity index (χ0v) is 18.6. The second-order valence-corrected chi connectivity index (χ2v) is 8.23. The predicted octanol–water partition coefficient (Wildman–Crippen LogP) is 4.49. The molecule has 2 aromatic carbocycles. The van der Waals surface area contributed by atoms with Crippen LogP contribution in [-0.2, 0) is 4.79 Å². The van der Waals surface area contributed by atoms with Gasteiger partial charge in [-0.1, -0.05) is 27.5 Å². The lowest BCUT2D eigenvalue weighted by molar-refractivity contribution is -0.116. The number of likely N-dealkylation sites (tertiary alicyclic amines) is 1. The second-order valence-electron chi connectivity index (χ2n) is 6.88. The topological polar surface area (TPSA) is 90.5 Å². The van der Waals surface area contributed by atoms with Crippen LogP contribution in [0.3, 0.4) is 0 Å². The van der Waals surface area contributed by atoms with Crippen molar-refractivity contribution in [3.05, 3.63) is 57.5 Å². The number of hydrogen-bond donors (Lipinski definition) is 3. The van der Waals surface area contributed by atoms with Crippen LogP contribution in [0, 0.1) is 0 Å². The summed E-state index contributed by atoms with van der Waals surface area (Å²) in [6.45, 7) is 1.57. The summed E-state index contributed by atoms with van der Waals surface area (Å²) >= 11 is 9.38. The van der Waals surface area contributed by atoms with Gasteiger partial charge < -0.3 is 20.9 Å². The zero-order chi connectivity index (χ0) is 21.5. The molecule has 1 saturated heterocycles. The molecule has 9 heteroatoms. The summed E-state index contributed by atoms with van der Waals surface area (Å²) in [5.41, 5.74) is 1.43. The van der Waals surface area contributed by atoms with Gasteiger partial charge in [0.1, 0.15) is 0 Å². The van der Waals surface area contributed by atoms with E-state index in [0.29, 0.717) is 35.1 Å². The van der Waals surface area contributed by atoms with Gasteiger partial charge in [-0.3, -0.25) is 9.59 Å². The molecular weight excluding hydrogens is 472 g/mol. The quantitative estimate of drug-likeness (QED) is 0.554. The van der Waals surface area contributed by atoms with E-state index in [4.69, 9.17) is 11.6 Å². The van der Waals surface area contributed by atoms with Crippen LogP contribution in [0.15, 0.2) is 46.9 Å². The number of carbonyl (C=O) groups is 3. The van der Waals surface area contributed by atoms with Crippen molar-refractivity contribution >= 4 is 56.8 Å². The second kappa shape index (κ2) is 10.4. The van der Waals surface area contributed by atoms with E-state index < -0.39 is 6.03 Å². The molecule has 0 aliphatic carbocycles. The largest absolute Gasteiger partial charge is 0.339 e. The summed E-state index contributed by atoms with van der Waals surface area (Å²) < 4.78 is 0.911. The molecule has 4 amide bonds. The molecule has 0 atom stereocenters. The Kier molecular flexibility index (Phi) is 7.70. The number of nitrogens with one attached hydrogen (secondary N) is 3. The van der Waals surface area contributed by atoms with Gasteiger partial charge in [0, 0.05) is 41.2 Å². The van der Waals surface area contributed by atoms with Gasteiger partial charge in [-0.15, -0.1) is 0 Å². The van der Waals surface area contributed by atoms with Crippen LogP contribution in [0.5, 0.6) is 0 Å². The Bertz CT molecular complexity index is 930. The zero-order valence-electron chi connectivity index (χ0n) is 16.2. The monoisotopic (exact) mass is 492 g/mol.